The molecule has 118 valence electrons. The molecule has 22 heavy (non-hydrogen) atoms. The first-order valence-corrected chi connectivity index (χ1v) is 6.61. The van der Waals surface area contributed by atoms with Crippen molar-refractivity contribution in [1.82, 2.24) is 4.57 Å². The molecule has 0 amide bonds. The maximum absolute atomic E-state index is 12.2. The van der Waals surface area contributed by atoms with Crippen LogP contribution in [0.2, 0.25) is 0 Å². The Morgan fingerprint density at radius 3 is 2.55 bits per heavy atom. The first-order valence-electron chi connectivity index (χ1n) is 6.61. The predicted molar refractivity (Wildman–Crippen MR) is 79.4 cm³/mol. The number of hydrogen-bond acceptors (Lipinski definition) is 4. The Kier molecular flexibility index (Phi) is 5.43. The highest BCUT2D eigenvalue weighted by Gasteiger charge is 2.23. The Balaban J connectivity index is 2.90. The van der Waals surface area contributed by atoms with Crippen molar-refractivity contribution in [2.75, 3.05) is 0 Å². The van der Waals surface area contributed by atoms with Crippen LogP contribution in [0.15, 0.2) is 24.8 Å². The van der Waals surface area contributed by atoms with E-state index >= 15 is 0 Å². The molecule has 0 saturated carbocycles. The number of hydrogen-bond donors (Lipinski definition) is 0. The van der Waals surface area contributed by atoms with Crippen LogP contribution in [-0.2, 0) is 20.9 Å². The van der Waals surface area contributed by atoms with Crippen LogP contribution >= 0.6 is 0 Å². The van der Waals surface area contributed by atoms with Crippen LogP contribution in [0, 0.1) is 6.92 Å². The molecular weight excluding hydrogens is 286 g/mol. The summed E-state index contributed by atoms with van der Waals surface area (Å²) in [5, 5.41) is 0. The fraction of sp³-hybridized carbons (Fsp3) is 0.400. The molecule has 0 aliphatic heterocycles. The van der Waals surface area contributed by atoms with Crippen LogP contribution in [0.5, 0.6) is 0 Å². The molecule has 0 aliphatic carbocycles. The molecule has 0 aliphatic rings. The SMILES string of the molecule is C=CC(=[N+]=[N-])C(=O)OCc1ccc(C)n1C(=O)OC(C)(C)C. The van der Waals surface area contributed by atoms with Crippen LogP contribution in [0.1, 0.15) is 32.2 Å². The van der Waals surface area contributed by atoms with Gasteiger partial charge in [0.2, 0.25) is 0 Å². The van der Waals surface area contributed by atoms with E-state index in [1.54, 1.807) is 39.8 Å². The summed E-state index contributed by atoms with van der Waals surface area (Å²) in [5.74, 6) is -0.841. The Hall–Kier alpha value is -2.66. The van der Waals surface area contributed by atoms with E-state index in [9.17, 15) is 9.59 Å². The van der Waals surface area contributed by atoms with Gasteiger partial charge in [-0.15, -0.1) is 0 Å². The van der Waals surface area contributed by atoms with Gasteiger partial charge in [0.25, 0.3) is 0 Å². The summed E-state index contributed by atoms with van der Waals surface area (Å²) in [6.45, 7) is 10.2. The summed E-state index contributed by atoms with van der Waals surface area (Å²) >= 11 is 0. The van der Waals surface area contributed by atoms with Gasteiger partial charge in [0.05, 0.1) is 5.69 Å². The van der Waals surface area contributed by atoms with E-state index < -0.39 is 17.7 Å². The van der Waals surface area contributed by atoms with Gasteiger partial charge in [0.15, 0.2) is 0 Å². The third kappa shape index (κ3) is 4.43. The van der Waals surface area contributed by atoms with Crippen LogP contribution in [0.3, 0.4) is 0 Å². The molecule has 1 heterocycles. The molecule has 0 spiro atoms. The second-order valence-corrected chi connectivity index (χ2v) is 5.55. The van der Waals surface area contributed by atoms with Crippen LogP contribution in [-0.4, -0.2) is 32.7 Å². The third-order valence-corrected chi connectivity index (χ3v) is 2.59. The van der Waals surface area contributed by atoms with Gasteiger partial charge in [-0.3, -0.25) is 4.57 Å². The Morgan fingerprint density at radius 1 is 1.41 bits per heavy atom. The van der Waals surface area contributed by atoms with Gasteiger partial charge >= 0.3 is 17.8 Å². The zero-order chi connectivity index (χ0) is 16.9. The average molecular weight is 305 g/mol. The average Bonchev–Trinajstić information content (AvgIpc) is 2.77. The molecule has 7 heteroatoms. The smallest absolute Gasteiger partial charge is 0.421 e. The fourth-order valence-electron chi connectivity index (χ4n) is 1.65. The van der Waals surface area contributed by atoms with Gasteiger partial charge in [-0.2, -0.15) is 4.79 Å². The molecule has 0 radical (unpaired) electrons. The quantitative estimate of drug-likeness (QED) is 0.369. The number of esters is 1. The second-order valence-electron chi connectivity index (χ2n) is 5.55. The van der Waals surface area contributed by atoms with Crippen molar-refractivity contribution in [3.63, 3.8) is 0 Å². The van der Waals surface area contributed by atoms with Crippen molar-refractivity contribution >= 4 is 17.8 Å². The molecule has 0 N–H and O–H groups in total. The van der Waals surface area contributed by atoms with Crippen molar-refractivity contribution in [3.05, 3.63) is 41.7 Å². The van der Waals surface area contributed by atoms with E-state index in [0.717, 1.165) is 6.08 Å². The van der Waals surface area contributed by atoms with Crippen LogP contribution in [0.25, 0.3) is 5.53 Å². The van der Waals surface area contributed by atoms with Crippen LogP contribution < -0.4 is 0 Å². The number of aryl methyl sites for hydroxylation is 1. The molecule has 1 rings (SSSR count). The maximum atomic E-state index is 12.2. The van der Waals surface area contributed by atoms with Gasteiger partial charge in [-0.1, -0.05) is 6.58 Å². The minimum Gasteiger partial charge on any atom is -0.450 e. The summed E-state index contributed by atoms with van der Waals surface area (Å²) in [6, 6.07) is 3.36. The summed E-state index contributed by atoms with van der Waals surface area (Å²) in [6.07, 6.45) is 0.515. The highest BCUT2D eigenvalue weighted by atomic mass is 16.6. The Morgan fingerprint density at radius 2 is 2.05 bits per heavy atom. The Labute approximate surface area is 128 Å². The van der Waals surface area contributed by atoms with Crippen molar-refractivity contribution in [3.8, 4) is 0 Å². The van der Waals surface area contributed by atoms with Gasteiger partial charge < -0.3 is 15.0 Å². The molecule has 7 nitrogen and oxygen atoms in total. The lowest BCUT2D eigenvalue weighted by molar-refractivity contribution is -0.141. The zero-order valence-electron chi connectivity index (χ0n) is 13.1. The lowest BCUT2D eigenvalue weighted by atomic mass is 10.2. The first kappa shape index (κ1) is 17.4. The standard InChI is InChI=1S/C15H19N3O4/c1-6-12(17-16)13(19)21-9-11-8-7-10(2)18(11)14(20)22-15(3,4)5/h6-8H,1,9H2,2-5H3. The van der Waals surface area contributed by atoms with Crippen molar-refractivity contribution in [2.45, 2.75) is 39.9 Å². The molecule has 0 unspecified atom stereocenters. The largest absolute Gasteiger partial charge is 0.450 e. The number of rotatable bonds is 4. The lowest BCUT2D eigenvalue weighted by Gasteiger charge is -2.21. The summed E-state index contributed by atoms with van der Waals surface area (Å²) in [7, 11) is 0. The van der Waals surface area contributed by atoms with E-state index in [0.29, 0.717) is 11.4 Å². The van der Waals surface area contributed by atoms with E-state index in [4.69, 9.17) is 15.0 Å². The van der Waals surface area contributed by atoms with Crippen molar-refractivity contribution in [1.29, 1.82) is 0 Å². The zero-order valence-corrected chi connectivity index (χ0v) is 13.1. The summed E-state index contributed by atoms with van der Waals surface area (Å²) in [5.41, 5.74) is 8.75. The molecule has 0 fully saturated rings. The minimum absolute atomic E-state index is 0.168. The predicted octanol–water partition coefficient (Wildman–Crippen LogP) is 2.48. The topological polar surface area (TPSA) is 93.9 Å². The molecule has 0 saturated heterocycles. The lowest BCUT2D eigenvalue weighted by Crippen LogP contribution is -2.29. The number of aromatic nitrogens is 1. The highest BCUT2D eigenvalue weighted by molar-refractivity contribution is 6.38. The number of ether oxygens (including phenoxy) is 2. The number of nitrogens with zero attached hydrogens (tertiary/aromatic N) is 3. The first-order chi connectivity index (χ1) is 10.2. The fourth-order valence-corrected chi connectivity index (χ4v) is 1.65. The normalized spacial score (nSPS) is 10.5. The molecular formula is C15H19N3O4. The Bertz CT molecular complexity index is 646. The summed E-state index contributed by atoms with van der Waals surface area (Å²) < 4.78 is 11.6. The molecule has 1 aromatic rings. The van der Waals surface area contributed by atoms with E-state index in [1.807, 2.05) is 0 Å². The molecule has 0 bridgehead atoms. The van der Waals surface area contributed by atoms with Crippen molar-refractivity contribution in [2.24, 2.45) is 0 Å². The van der Waals surface area contributed by atoms with Gasteiger partial charge in [-0.25, -0.2) is 9.59 Å². The second kappa shape index (κ2) is 6.87. The van der Waals surface area contributed by atoms with Crippen molar-refractivity contribution < 1.29 is 23.9 Å². The van der Waals surface area contributed by atoms with Gasteiger partial charge in [0, 0.05) is 11.8 Å². The highest BCUT2D eigenvalue weighted by Crippen LogP contribution is 2.15. The van der Waals surface area contributed by atoms with Gasteiger partial charge in [-0.05, 0) is 39.8 Å². The number of carbonyl (C=O) groups is 2. The third-order valence-electron chi connectivity index (χ3n) is 2.59. The van der Waals surface area contributed by atoms with E-state index in [-0.39, 0.29) is 12.3 Å². The monoisotopic (exact) mass is 305 g/mol. The summed E-state index contributed by atoms with van der Waals surface area (Å²) in [4.78, 5) is 26.5. The van der Waals surface area contributed by atoms with E-state index in [2.05, 4.69) is 11.4 Å². The molecule has 0 aromatic carbocycles. The van der Waals surface area contributed by atoms with Crippen LogP contribution in [0.4, 0.5) is 4.79 Å². The van der Waals surface area contributed by atoms with E-state index in [1.165, 1.54) is 4.57 Å². The maximum Gasteiger partial charge on any atom is 0.421 e. The molecule has 0 atom stereocenters. The van der Waals surface area contributed by atoms with Gasteiger partial charge in [0.1, 0.15) is 12.2 Å². The molecule has 1 aromatic heterocycles. The minimum atomic E-state index is -0.841. The number of carbonyl (C=O) groups excluding carboxylic acids is 2.